The molecule has 0 radical (unpaired) electrons. The van der Waals surface area contributed by atoms with E-state index in [9.17, 15) is 14.5 Å². The Bertz CT molecular complexity index is 1450. The molecule has 4 rings (SSSR count). The molecule has 1 atom stereocenters. The summed E-state index contributed by atoms with van der Waals surface area (Å²) in [6.45, 7) is 3.42. The molecule has 204 valence electrons. The molecule has 0 bridgehead atoms. The number of ether oxygens (including phenoxy) is 3. The van der Waals surface area contributed by atoms with E-state index in [0.717, 1.165) is 5.69 Å². The second kappa shape index (κ2) is 12.8. The van der Waals surface area contributed by atoms with Gasteiger partial charge in [0.05, 0.1) is 18.7 Å². The molecule has 0 aliphatic carbocycles. The van der Waals surface area contributed by atoms with Crippen LogP contribution in [0.25, 0.3) is 5.69 Å². The summed E-state index contributed by atoms with van der Waals surface area (Å²) in [5.41, 5.74) is 1.69. The van der Waals surface area contributed by atoms with Crippen LogP contribution in [0.4, 0.5) is 4.39 Å². The molecule has 0 N–H and O–H groups in total. The van der Waals surface area contributed by atoms with Crippen LogP contribution in [-0.2, 0) is 6.61 Å². The van der Waals surface area contributed by atoms with Crippen LogP contribution in [0.2, 0.25) is 5.02 Å². The Kier molecular flexibility index (Phi) is 9.26. The van der Waals surface area contributed by atoms with Crippen molar-refractivity contribution in [1.29, 1.82) is 0 Å². The maximum absolute atomic E-state index is 14.1. The third-order valence-corrected chi connectivity index (χ3v) is 7.18. The lowest BCUT2D eigenvalue weighted by atomic mass is 10.1. The van der Waals surface area contributed by atoms with Crippen molar-refractivity contribution in [2.75, 3.05) is 20.3 Å². The molecule has 0 amide bonds. The van der Waals surface area contributed by atoms with Crippen LogP contribution in [0.1, 0.15) is 29.1 Å². The van der Waals surface area contributed by atoms with Crippen LogP contribution >= 0.6 is 23.4 Å². The van der Waals surface area contributed by atoms with E-state index in [4.69, 9.17) is 25.8 Å². The van der Waals surface area contributed by atoms with Gasteiger partial charge in [0.15, 0.2) is 16.7 Å². The number of rotatable bonds is 12. The fourth-order valence-electron chi connectivity index (χ4n) is 3.86. The molecule has 0 saturated carbocycles. The van der Waals surface area contributed by atoms with E-state index in [1.165, 1.54) is 17.8 Å². The van der Waals surface area contributed by atoms with Gasteiger partial charge in [0.1, 0.15) is 29.2 Å². The highest BCUT2D eigenvalue weighted by atomic mass is 35.5. The highest BCUT2D eigenvalue weighted by molar-refractivity contribution is 7.99. The molecule has 9 nitrogen and oxygen atoms in total. The minimum absolute atomic E-state index is 0.0663. The maximum Gasteiger partial charge on any atom is 0.220 e. The highest BCUT2D eigenvalue weighted by Crippen LogP contribution is 2.43. The van der Waals surface area contributed by atoms with Crippen LogP contribution in [0, 0.1) is 22.9 Å². The highest BCUT2D eigenvalue weighted by Gasteiger charge is 2.26. The predicted molar refractivity (Wildman–Crippen MR) is 146 cm³/mol. The Balaban J connectivity index is 1.67. The number of halogens is 2. The molecule has 1 aromatic heterocycles. The Labute approximate surface area is 234 Å². The standard InChI is InChI=1S/C27H26ClFN4O5S/c1-4-37-24-14-19(13-22(28)26(24)38-16-18-7-5-6-8-23(18)29)25(15-32(34)35)39-27-31-30-17(2)33(27)20-9-11-21(36-3)12-10-20/h5-14,25H,4,15-16H2,1-3H3/t25-/m1/s1. The van der Waals surface area contributed by atoms with E-state index < -0.39 is 22.5 Å². The van der Waals surface area contributed by atoms with Gasteiger partial charge in [-0.2, -0.15) is 0 Å². The molecule has 0 saturated heterocycles. The topological polar surface area (TPSA) is 102 Å². The Hall–Kier alpha value is -3.83. The van der Waals surface area contributed by atoms with E-state index >= 15 is 0 Å². The zero-order valence-electron chi connectivity index (χ0n) is 21.5. The average Bonchev–Trinajstić information content (AvgIpc) is 3.28. The molecule has 39 heavy (non-hydrogen) atoms. The van der Waals surface area contributed by atoms with Crippen molar-refractivity contribution in [3.63, 3.8) is 0 Å². The van der Waals surface area contributed by atoms with Gasteiger partial charge in [-0.1, -0.05) is 41.6 Å². The molecule has 0 unspecified atom stereocenters. The number of hydrogen-bond acceptors (Lipinski definition) is 8. The fourth-order valence-corrected chi connectivity index (χ4v) is 5.29. The smallest absolute Gasteiger partial charge is 0.220 e. The summed E-state index contributed by atoms with van der Waals surface area (Å²) in [6, 6.07) is 16.9. The van der Waals surface area contributed by atoms with Gasteiger partial charge in [-0.15, -0.1) is 10.2 Å². The summed E-state index contributed by atoms with van der Waals surface area (Å²) in [4.78, 5) is 11.3. The van der Waals surface area contributed by atoms with Crippen LogP contribution in [-0.4, -0.2) is 39.9 Å². The van der Waals surface area contributed by atoms with Gasteiger partial charge in [0.2, 0.25) is 6.54 Å². The molecular weight excluding hydrogens is 547 g/mol. The van der Waals surface area contributed by atoms with Crippen molar-refractivity contribution < 1.29 is 23.5 Å². The fraction of sp³-hybridized carbons (Fsp3) is 0.259. The Morgan fingerprint density at radius 1 is 1.13 bits per heavy atom. The maximum atomic E-state index is 14.1. The van der Waals surface area contributed by atoms with Crippen molar-refractivity contribution in [2.45, 2.75) is 30.9 Å². The average molecular weight is 573 g/mol. The largest absolute Gasteiger partial charge is 0.497 e. The summed E-state index contributed by atoms with van der Waals surface area (Å²) in [5.74, 6) is 1.44. The van der Waals surface area contributed by atoms with Crippen LogP contribution in [0.5, 0.6) is 17.2 Å². The third-order valence-electron chi connectivity index (χ3n) is 5.72. The third kappa shape index (κ3) is 6.79. The zero-order valence-corrected chi connectivity index (χ0v) is 23.0. The predicted octanol–water partition coefficient (Wildman–Crippen LogP) is 6.46. The first-order chi connectivity index (χ1) is 18.8. The molecule has 0 aliphatic heterocycles. The van der Waals surface area contributed by atoms with E-state index in [1.54, 1.807) is 51.3 Å². The van der Waals surface area contributed by atoms with Gasteiger partial charge in [-0.3, -0.25) is 14.7 Å². The van der Waals surface area contributed by atoms with E-state index in [0.29, 0.717) is 40.2 Å². The summed E-state index contributed by atoms with van der Waals surface area (Å²) >= 11 is 7.78. The lowest BCUT2D eigenvalue weighted by molar-refractivity contribution is -0.479. The molecule has 4 aromatic rings. The molecule has 0 aliphatic rings. The monoisotopic (exact) mass is 572 g/mol. The zero-order chi connectivity index (χ0) is 27.9. The van der Waals surface area contributed by atoms with Crippen LogP contribution in [0.15, 0.2) is 65.8 Å². The summed E-state index contributed by atoms with van der Waals surface area (Å²) in [5, 5.41) is 20.1. The SMILES string of the molecule is CCOc1cc([C@@H](C[N+](=O)[O-])Sc2nnc(C)n2-c2ccc(OC)cc2)cc(Cl)c1OCc1ccccc1F. The Morgan fingerprint density at radius 2 is 1.87 bits per heavy atom. The lowest BCUT2D eigenvalue weighted by Gasteiger charge is -2.19. The first-order valence-corrected chi connectivity index (χ1v) is 13.2. The normalized spacial score (nSPS) is 11.7. The molecule has 1 heterocycles. The summed E-state index contributed by atoms with van der Waals surface area (Å²) in [7, 11) is 1.58. The minimum Gasteiger partial charge on any atom is -0.497 e. The second-order valence-corrected chi connectivity index (χ2v) is 9.91. The molecule has 12 heteroatoms. The second-order valence-electron chi connectivity index (χ2n) is 8.33. The Morgan fingerprint density at radius 3 is 2.54 bits per heavy atom. The number of benzene rings is 3. The molecule has 3 aromatic carbocycles. The first-order valence-electron chi connectivity index (χ1n) is 12.0. The number of nitro groups is 1. The van der Waals surface area contributed by atoms with Gasteiger partial charge in [-0.25, -0.2) is 4.39 Å². The van der Waals surface area contributed by atoms with Crippen molar-refractivity contribution in [2.24, 2.45) is 0 Å². The first kappa shape index (κ1) is 28.2. The van der Waals surface area contributed by atoms with Crippen molar-refractivity contribution in [1.82, 2.24) is 14.8 Å². The van der Waals surface area contributed by atoms with Gasteiger partial charge in [-0.05, 0) is 61.9 Å². The molecular formula is C27H26ClFN4O5S. The van der Waals surface area contributed by atoms with Gasteiger partial charge in [0.25, 0.3) is 0 Å². The number of nitrogens with zero attached hydrogens (tertiary/aromatic N) is 4. The number of hydrogen-bond donors (Lipinski definition) is 0. The number of aryl methyl sites for hydroxylation is 1. The lowest BCUT2D eigenvalue weighted by Crippen LogP contribution is -2.12. The van der Waals surface area contributed by atoms with Gasteiger partial charge < -0.3 is 14.2 Å². The van der Waals surface area contributed by atoms with Crippen molar-refractivity contribution in [3.05, 3.63) is 98.6 Å². The van der Waals surface area contributed by atoms with Gasteiger partial charge >= 0.3 is 0 Å². The minimum atomic E-state index is -0.682. The van der Waals surface area contributed by atoms with Crippen molar-refractivity contribution in [3.8, 4) is 22.9 Å². The van der Waals surface area contributed by atoms with E-state index in [-0.39, 0.29) is 17.4 Å². The van der Waals surface area contributed by atoms with Crippen LogP contribution < -0.4 is 14.2 Å². The number of aromatic nitrogens is 3. The van der Waals surface area contributed by atoms with E-state index in [1.807, 2.05) is 28.8 Å². The van der Waals surface area contributed by atoms with E-state index in [2.05, 4.69) is 10.2 Å². The quantitative estimate of drug-likeness (QED) is 0.108. The molecule has 0 fully saturated rings. The number of methoxy groups -OCH3 is 1. The summed E-state index contributed by atoms with van der Waals surface area (Å²) in [6.07, 6.45) is 0. The summed E-state index contributed by atoms with van der Waals surface area (Å²) < 4.78 is 32.8. The van der Waals surface area contributed by atoms with Crippen LogP contribution in [0.3, 0.4) is 0 Å². The molecule has 0 spiro atoms. The van der Waals surface area contributed by atoms with Gasteiger partial charge in [0, 0.05) is 16.2 Å². The van der Waals surface area contributed by atoms with Crippen molar-refractivity contribution >= 4 is 23.4 Å². The number of thioether (sulfide) groups is 1.